The fourth-order valence-electron chi connectivity index (χ4n) is 5.53. The smallest absolute Gasteiger partial charge is 0.0723 e. The number of hydrogen-bond donors (Lipinski definition) is 2. The Labute approximate surface area is 189 Å². The van der Waals surface area contributed by atoms with Crippen molar-refractivity contribution < 1.29 is 19.7 Å². The van der Waals surface area contributed by atoms with E-state index in [1.807, 2.05) is 6.08 Å². The standard InChI is InChI=1S/C26H45NO4/c1-3-4-5-20(2)16-23(28)6-7-24-25-18-21(17-22(25)19-26(24)29)8-12-30-13-9-27-10-14-31-15-11-27/h6-7,17,20,22-26,28-29H,3-5,8-16,18-19H2,1-2H3/b7-6+/t20-,22-,23+,24+,25-,26+/m0/s1. The normalized spacial score (nSPS) is 31.2. The van der Waals surface area contributed by atoms with E-state index < -0.39 is 6.10 Å². The maximum absolute atomic E-state index is 10.6. The number of aliphatic hydroxyl groups is 2. The molecule has 6 atom stereocenters. The highest BCUT2D eigenvalue weighted by atomic mass is 16.5. The Hall–Kier alpha value is -0.720. The molecule has 5 nitrogen and oxygen atoms in total. The van der Waals surface area contributed by atoms with E-state index in [2.05, 4.69) is 30.9 Å². The van der Waals surface area contributed by atoms with Crippen LogP contribution >= 0.6 is 0 Å². The lowest BCUT2D eigenvalue weighted by Crippen LogP contribution is -2.38. The second-order valence-electron chi connectivity index (χ2n) is 9.99. The third-order valence-electron chi connectivity index (χ3n) is 7.42. The predicted molar refractivity (Wildman–Crippen MR) is 125 cm³/mol. The molecule has 3 aliphatic rings. The number of morpholine rings is 1. The van der Waals surface area contributed by atoms with Crippen molar-refractivity contribution in [1.29, 1.82) is 0 Å². The molecule has 5 heteroatoms. The first-order chi connectivity index (χ1) is 15.1. The Balaban J connectivity index is 1.35. The number of rotatable bonds is 13. The zero-order valence-electron chi connectivity index (χ0n) is 19.8. The molecule has 2 fully saturated rings. The zero-order valence-corrected chi connectivity index (χ0v) is 19.8. The van der Waals surface area contributed by atoms with Crippen LogP contribution in [0.1, 0.15) is 58.8 Å². The Morgan fingerprint density at radius 3 is 2.87 bits per heavy atom. The van der Waals surface area contributed by atoms with Gasteiger partial charge in [0.1, 0.15) is 0 Å². The van der Waals surface area contributed by atoms with Gasteiger partial charge in [-0.1, -0.05) is 56.9 Å². The van der Waals surface area contributed by atoms with Gasteiger partial charge in [-0.05, 0) is 43.4 Å². The van der Waals surface area contributed by atoms with Gasteiger partial charge in [-0.15, -0.1) is 0 Å². The van der Waals surface area contributed by atoms with Gasteiger partial charge in [0.25, 0.3) is 0 Å². The summed E-state index contributed by atoms with van der Waals surface area (Å²) in [6.07, 6.45) is 13.1. The van der Waals surface area contributed by atoms with Crippen molar-refractivity contribution in [3.05, 3.63) is 23.8 Å². The lowest BCUT2D eigenvalue weighted by molar-refractivity contribution is 0.0207. The molecule has 1 saturated heterocycles. The molecule has 1 aliphatic heterocycles. The molecule has 0 aromatic carbocycles. The van der Waals surface area contributed by atoms with E-state index in [1.54, 1.807) is 0 Å². The summed E-state index contributed by atoms with van der Waals surface area (Å²) in [5.74, 6) is 1.68. The third-order valence-corrected chi connectivity index (χ3v) is 7.42. The van der Waals surface area contributed by atoms with E-state index in [4.69, 9.17) is 9.47 Å². The Morgan fingerprint density at radius 1 is 1.29 bits per heavy atom. The lowest BCUT2D eigenvalue weighted by Gasteiger charge is -2.26. The van der Waals surface area contributed by atoms with Gasteiger partial charge in [-0.2, -0.15) is 0 Å². The molecule has 0 bridgehead atoms. The van der Waals surface area contributed by atoms with Crippen molar-refractivity contribution in [3.63, 3.8) is 0 Å². The number of unbranched alkanes of at least 4 members (excludes halogenated alkanes) is 1. The summed E-state index contributed by atoms with van der Waals surface area (Å²) in [6.45, 7) is 10.7. The summed E-state index contributed by atoms with van der Waals surface area (Å²) in [5, 5.41) is 21.0. The molecular weight excluding hydrogens is 390 g/mol. The summed E-state index contributed by atoms with van der Waals surface area (Å²) in [4.78, 5) is 2.40. The van der Waals surface area contributed by atoms with Crippen molar-refractivity contribution in [2.24, 2.45) is 23.7 Å². The minimum absolute atomic E-state index is 0.168. The van der Waals surface area contributed by atoms with Crippen LogP contribution in [0.3, 0.4) is 0 Å². The molecule has 0 aromatic heterocycles. The largest absolute Gasteiger partial charge is 0.392 e. The number of allylic oxidation sites excluding steroid dienone is 1. The van der Waals surface area contributed by atoms with Crippen LogP contribution in [0.2, 0.25) is 0 Å². The number of fused-ring (bicyclic) bond motifs is 1. The molecule has 0 amide bonds. The van der Waals surface area contributed by atoms with Gasteiger partial charge < -0.3 is 19.7 Å². The van der Waals surface area contributed by atoms with Crippen LogP contribution in [0.4, 0.5) is 0 Å². The van der Waals surface area contributed by atoms with E-state index in [1.165, 1.54) is 24.8 Å². The van der Waals surface area contributed by atoms with Gasteiger partial charge >= 0.3 is 0 Å². The van der Waals surface area contributed by atoms with Crippen LogP contribution in [0.5, 0.6) is 0 Å². The first-order valence-corrected chi connectivity index (χ1v) is 12.7. The SMILES string of the molecule is CCCC[C@H](C)C[C@H](O)/C=C/[C@@H]1[C@H]2CC(CCOCCN3CCOCC3)=C[C@H]2C[C@H]1O. The third kappa shape index (κ3) is 7.97. The van der Waals surface area contributed by atoms with Crippen LogP contribution < -0.4 is 0 Å². The topological polar surface area (TPSA) is 62.2 Å². The Bertz CT molecular complexity index is 572. The van der Waals surface area contributed by atoms with Crippen molar-refractivity contribution >= 4 is 0 Å². The van der Waals surface area contributed by atoms with Crippen molar-refractivity contribution in [2.75, 3.05) is 46.1 Å². The van der Waals surface area contributed by atoms with E-state index in [0.29, 0.717) is 17.8 Å². The minimum Gasteiger partial charge on any atom is -0.392 e. The number of nitrogens with zero attached hydrogens (tertiary/aromatic N) is 1. The second kappa shape index (κ2) is 13.1. The van der Waals surface area contributed by atoms with Gasteiger partial charge in [0, 0.05) is 25.6 Å². The molecule has 2 N–H and O–H groups in total. The van der Waals surface area contributed by atoms with E-state index in [9.17, 15) is 10.2 Å². The van der Waals surface area contributed by atoms with Crippen molar-refractivity contribution in [2.45, 2.75) is 71.0 Å². The summed E-state index contributed by atoms with van der Waals surface area (Å²) in [7, 11) is 0. The van der Waals surface area contributed by atoms with Gasteiger partial charge in [-0.25, -0.2) is 0 Å². The monoisotopic (exact) mass is 435 g/mol. The molecule has 0 aromatic rings. The first-order valence-electron chi connectivity index (χ1n) is 12.7. The molecule has 0 spiro atoms. The molecule has 1 saturated carbocycles. The van der Waals surface area contributed by atoms with Crippen LogP contribution in [-0.4, -0.2) is 73.4 Å². The quantitative estimate of drug-likeness (QED) is 0.340. The first kappa shape index (κ1) is 24.9. The second-order valence-corrected chi connectivity index (χ2v) is 9.99. The molecule has 31 heavy (non-hydrogen) atoms. The number of aliphatic hydroxyl groups excluding tert-OH is 2. The van der Waals surface area contributed by atoms with Crippen molar-refractivity contribution in [1.82, 2.24) is 4.90 Å². The highest BCUT2D eigenvalue weighted by molar-refractivity contribution is 5.21. The average molecular weight is 436 g/mol. The van der Waals surface area contributed by atoms with Gasteiger partial charge in [-0.3, -0.25) is 4.90 Å². The number of hydrogen-bond acceptors (Lipinski definition) is 5. The summed E-state index contributed by atoms with van der Waals surface area (Å²) >= 11 is 0. The molecule has 1 heterocycles. The fraction of sp³-hybridized carbons (Fsp3) is 0.846. The Kier molecular flexibility index (Phi) is 10.5. The van der Waals surface area contributed by atoms with Gasteiger partial charge in [0.2, 0.25) is 0 Å². The lowest BCUT2D eigenvalue weighted by atomic mass is 9.88. The van der Waals surface area contributed by atoms with E-state index >= 15 is 0 Å². The fourth-order valence-corrected chi connectivity index (χ4v) is 5.53. The highest BCUT2D eigenvalue weighted by Gasteiger charge is 2.43. The highest BCUT2D eigenvalue weighted by Crippen LogP contribution is 2.48. The van der Waals surface area contributed by atoms with Gasteiger partial charge in [0.05, 0.1) is 38.6 Å². The zero-order chi connectivity index (χ0) is 22.1. The average Bonchev–Trinajstić information content (AvgIpc) is 3.27. The minimum atomic E-state index is -0.396. The van der Waals surface area contributed by atoms with E-state index in [0.717, 1.165) is 71.7 Å². The van der Waals surface area contributed by atoms with Crippen molar-refractivity contribution in [3.8, 4) is 0 Å². The molecule has 178 valence electrons. The molecule has 3 rings (SSSR count). The summed E-state index contributed by atoms with van der Waals surface area (Å²) in [6, 6.07) is 0. The van der Waals surface area contributed by atoms with Crippen LogP contribution in [-0.2, 0) is 9.47 Å². The van der Waals surface area contributed by atoms with Crippen LogP contribution in [0.15, 0.2) is 23.8 Å². The summed E-state index contributed by atoms with van der Waals surface area (Å²) in [5.41, 5.74) is 1.49. The Morgan fingerprint density at radius 2 is 2.10 bits per heavy atom. The number of ether oxygens (including phenoxy) is 2. The maximum Gasteiger partial charge on any atom is 0.0723 e. The van der Waals surface area contributed by atoms with E-state index in [-0.39, 0.29) is 12.0 Å². The van der Waals surface area contributed by atoms with Crippen LogP contribution in [0, 0.1) is 23.7 Å². The molecular formula is C26H45NO4. The predicted octanol–water partition coefficient (Wildman–Crippen LogP) is 3.80. The molecule has 2 aliphatic carbocycles. The molecule has 0 unspecified atom stereocenters. The van der Waals surface area contributed by atoms with Crippen LogP contribution in [0.25, 0.3) is 0 Å². The summed E-state index contributed by atoms with van der Waals surface area (Å²) < 4.78 is 11.3. The van der Waals surface area contributed by atoms with Gasteiger partial charge in [0.15, 0.2) is 0 Å². The molecule has 0 radical (unpaired) electrons. The maximum atomic E-state index is 10.6.